The molecule has 0 spiro atoms. The molecule has 3 rings (SSSR count). The molecule has 8 heteroatoms. The number of aromatic nitrogens is 2. The summed E-state index contributed by atoms with van der Waals surface area (Å²) in [7, 11) is 0. The number of hydrogen-bond acceptors (Lipinski definition) is 2. The highest BCUT2D eigenvalue weighted by Crippen LogP contribution is 2.28. The van der Waals surface area contributed by atoms with Gasteiger partial charge in [0, 0.05) is 23.5 Å². The lowest BCUT2D eigenvalue weighted by atomic mass is 10.2. The summed E-state index contributed by atoms with van der Waals surface area (Å²) in [6.07, 6.45) is -3.38. The van der Waals surface area contributed by atoms with Gasteiger partial charge in [-0.15, -0.1) is 0 Å². The lowest BCUT2D eigenvalue weighted by molar-refractivity contribution is -0.367. The van der Waals surface area contributed by atoms with E-state index < -0.39 is 11.7 Å². The van der Waals surface area contributed by atoms with Crippen LogP contribution in [0.4, 0.5) is 19.0 Å². The van der Waals surface area contributed by atoms with Crippen molar-refractivity contribution >= 4 is 11.7 Å². The van der Waals surface area contributed by atoms with Crippen molar-refractivity contribution in [2.45, 2.75) is 39.9 Å². The first kappa shape index (κ1) is 20.2. The van der Waals surface area contributed by atoms with Crippen LogP contribution in [0.5, 0.6) is 0 Å². The summed E-state index contributed by atoms with van der Waals surface area (Å²) in [6.45, 7) is 10.3. The van der Waals surface area contributed by atoms with Crippen molar-refractivity contribution in [2.75, 3.05) is 31.1 Å². The van der Waals surface area contributed by atoms with Crippen LogP contribution in [-0.2, 0) is 6.18 Å². The maximum atomic E-state index is 13.0. The number of carbonyl (C=O) groups excluding carboxylic acids is 1. The van der Waals surface area contributed by atoms with Crippen LogP contribution in [0.15, 0.2) is 24.4 Å². The Morgan fingerprint density at radius 2 is 1.75 bits per heavy atom. The quantitative estimate of drug-likeness (QED) is 0.799. The number of H-pyrrole nitrogens is 1. The van der Waals surface area contributed by atoms with Crippen LogP contribution >= 0.6 is 0 Å². The van der Waals surface area contributed by atoms with Gasteiger partial charge in [0.2, 0.25) is 0 Å². The van der Waals surface area contributed by atoms with Crippen LogP contribution in [-0.4, -0.2) is 41.6 Å². The Hall–Kier alpha value is -2.51. The van der Waals surface area contributed by atoms with Gasteiger partial charge < -0.3 is 9.47 Å². The van der Waals surface area contributed by atoms with E-state index in [2.05, 4.69) is 23.4 Å². The third-order valence-electron chi connectivity index (χ3n) is 5.26. The van der Waals surface area contributed by atoms with Gasteiger partial charge in [0.15, 0.2) is 0 Å². The molecule has 152 valence electrons. The molecular weight excluding hydrogens is 369 g/mol. The van der Waals surface area contributed by atoms with Gasteiger partial charge in [-0.3, -0.25) is 9.69 Å². The van der Waals surface area contributed by atoms with Crippen LogP contribution in [0.3, 0.4) is 0 Å². The van der Waals surface area contributed by atoms with E-state index in [-0.39, 0.29) is 11.9 Å². The topological polar surface area (TPSA) is 42.6 Å². The predicted molar refractivity (Wildman–Crippen MR) is 100 cm³/mol. The molecule has 1 N–H and O–H groups in total. The molecule has 0 atom stereocenters. The van der Waals surface area contributed by atoms with Crippen molar-refractivity contribution in [3.8, 4) is 0 Å². The number of nitrogens with one attached hydrogen (secondary N) is 1. The Morgan fingerprint density at radius 3 is 2.21 bits per heavy atom. The maximum Gasteiger partial charge on any atom is 0.419 e. The number of alkyl halides is 3. The molecule has 28 heavy (non-hydrogen) atoms. The Bertz CT molecular complexity index is 848. The summed E-state index contributed by atoms with van der Waals surface area (Å²) in [4.78, 5) is 19.5. The fourth-order valence-corrected chi connectivity index (χ4v) is 3.90. The average molecular weight is 395 g/mol. The first-order valence-corrected chi connectivity index (χ1v) is 9.41. The van der Waals surface area contributed by atoms with Gasteiger partial charge in [0.1, 0.15) is 19.3 Å². The van der Waals surface area contributed by atoms with Crippen LogP contribution in [0, 0.1) is 13.8 Å². The van der Waals surface area contributed by atoms with E-state index in [4.69, 9.17) is 0 Å². The molecule has 0 aliphatic carbocycles. The number of carbonyl (C=O) groups is 1. The number of nitrogens with zero attached hydrogens (tertiary/aromatic N) is 3. The van der Waals surface area contributed by atoms with Gasteiger partial charge in [0.25, 0.3) is 11.7 Å². The molecule has 0 unspecified atom stereocenters. The predicted octanol–water partition coefficient (Wildman–Crippen LogP) is 3.48. The summed E-state index contributed by atoms with van der Waals surface area (Å²) >= 11 is 0. The van der Waals surface area contributed by atoms with Crippen molar-refractivity contribution in [1.82, 2.24) is 9.47 Å². The van der Waals surface area contributed by atoms with Gasteiger partial charge in [0.05, 0.1) is 24.2 Å². The summed E-state index contributed by atoms with van der Waals surface area (Å²) in [6, 6.07) is 4.74. The molecule has 1 saturated heterocycles. The number of halogens is 3. The van der Waals surface area contributed by atoms with E-state index >= 15 is 0 Å². The van der Waals surface area contributed by atoms with Crippen LogP contribution < -0.4 is 9.88 Å². The number of amides is 1. The van der Waals surface area contributed by atoms with Crippen molar-refractivity contribution in [1.29, 1.82) is 0 Å². The second-order valence-electron chi connectivity index (χ2n) is 7.49. The molecule has 2 aromatic heterocycles. The number of rotatable bonds is 3. The molecule has 1 amide bonds. The smallest absolute Gasteiger partial charge is 0.346 e. The van der Waals surface area contributed by atoms with Gasteiger partial charge >= 0.3 is 6.18 Å². The normalized spacial score (nSPS) is 15.4. The van der Waals surface area contributed by atoms with Crippen LogP contribution in [0.25, 0.3) is 0 Å². The minimum absolute atomic E-state index is 0.0102. The fourth-order valence-electron chi connectivity index (χ4n) is 3.90. The van der Waals surface area contributed by atoms with Gasteiger partial charge in [-0.1, -0.05) is 0 Å². The minimum atomic E-state index is -4.36. The second-order valence-corrected chi connectivity index (χ2v) is 7.49. The van der Waals surface area contributed by atoms with Gasteiger partial charge in [-0.2, -0.15) is 13.2 Å². The molecule has 2 aromatic rings. The summed E-state index contributed by atoms with van der Waals surface area (Å²) in [5.74, 6) is 0.633. The van der Waals surface area contributed by atoms with Crippen molar-refractivity contribution in [2.24, 2.45) is 0 Å². The first-order chi connectivity index (χ1) is 13.1. The van der Waals surface area contributed by atoms with E-state index in [0.29, 0.717) is 32.0 Å². The zero-order valence-electron chi connectivity index (χ0n) is 16.6. The highest BCUT2D eigenvalue weighted by molar-refractivity contribution is 5.96. The first-order valence-electron chi connectivity index (χ1n) is 9.41. The van der Waals surface area contributed by atoms with Crippen molar-refractivity contribution < 1.29 is 22.9 Å². The average Bonchev–Trinajstić information content (AvgIpc) is 2.95. The molecule has 0 saturated carbocycles. The maximum absolute atomic E-state index is 13.0. The van der Waals surface area contributed by atoms with Gasteiger partial charge in [-0.25, -0.2) is 4.98 Å². The van der Waals surface area contributed by atoms with Crippen molar-refractivity contribution in [3.05, 3.63) is 46.9 Å². The summed E-state index contributed by atoms with van der Waals surface area (Å²) in [5.41, 5.74) is 2.05. The molecular formula is C20H26F3N4O+. The molecule has 1 aliphatic rings. The Labute approximate surface area is 162 Å². The summed E-state index contributed by atoms with van der Waals surface area (Å²) < 4.78 is 40.2. The molecule has 5 nitrogen and oxygen atoms in total. The van der Waals surface area contributed by atoms with E-state index in [1.54, 1.807) is 0 Å². The molecule has 0 aromatic carbocycles. The zero-order chi connectivity index (χ0) is 20.6. The molecule has 1 fully saturated rings. The van der Waals surface area contributed by atoms with E-state index in [1.165, 1.54) is 6.07 Å². The number of piperazine rings is 1. The second kappa shape index (κ2) is 7.48. The van der Waals surface area contributed by atoms with E-state index in [1.807, 2.05) is 29.7 Å². The standard InChI is InChI=1S/C20H25F3N4O/c1-13(2)27-14(3)11-17(15(27)4)19(28)26-9-7-25(8-10-26)18-6-5-16(12-24-18)20(21,22)23/h5-6,11-13H,7-10H2,1-4H3/p+1. The zero-order valence-corrected chi connectivity index (χ0v) is 16.6. The SMILES string of the molecule is Cc1cc(C(=O)N2CCN(c3ccc(C(F)(F)F)c[nH+]3)CC2)c(C)n1C(C)C. The minimum Gasteiger partial charge on any atom is -0.346 e. The monoisotopic (exact) mass is 395 g/mol. The number of pyridine rings is 1. The third kappa shape index (κ3) is 3.86. The van der Waals surface area contributed by atoms with Crippen molar-refractivity contribution in [3.63, 3.8) is 0 Å². The van der Waals surface area contributed by atoms with Crippen LogP contribution in [0.2, 0.25) is 0 Å². The number of anilines is 1. The molecule has 0 radical (unpaired) electrons. The highest BCUT2D eigenvalue weighted by atomic mass is 19.4. The number of hydrogen-bond donors (Lipinski definition) is 0. The third-order valence-corrected chi connectivity index (χ3v) is 5.26. The van der Waals surface area contributed by atoms with Gasteiger partial charge in [-0.05, 0) is 39.8 Å². The molecule has 1 aliphatic heterocycles. The lowest BCUT2D eigenvalue weighted by Crippen LogP contribution is -2.50. The van der Waals surface area contributed by atoms with E-state index in [9.17, 15) is 18.0 Å². The summed E-state index contributed by atoms with van der Waals surface area (Å²) in [5, 5.41) is 0. The fraction of sp³-hybridized carbons (Fsp3) is 0.500. The Kier molecular flexibility index (Phi) is 5.41. The van der Waals surface area contributed by atoms with Crippen LogP contribution in [0.1, 0.15) is 47.2 Å². The van der Waals surface area contributed by atoms with E-state index in [0.717, 1.165) is 29.2 Å². The molecule has 0 bridgehead atoms. The number of aryl methyl sites for hydroxylation is 1. The Morgan fingerprint density at radius 1 is 1.11 bits per heavy atom. The molecule has 3 heterocycles. The largest absolute Gasteiger partial charge is 0.419 e. The lowest BCUT2D eigenvalue weighted by Gasteiger charge is -2.31. The number of aromatic amines is 1. The Balaban J connectivity index is 1.67. The highest BCUT2D eigenvalue weighted by Gasteiger charge is 2.33.